The molecule has 0 saturated carbocycles. The van der Waals surface area contributed by atoms with Crippen LogP contribution in [0.25, 0.3) is 88.7 Å². The van der Waals surface area contributed by atoms with Crippen LogP contribution in [0, 0.1) is 0 Å². The van der Waals surface area contributed by atoms with E-state index in [4.69, 9.17) is 4.42 Å². The number of hydrogen-bond acceptors (Lipinski definition) is 3. The van der Waals surface area contributed by atoms with E-state index in [1.807, 2.05) is 0 Å². The molecule has 0 bridgehead atoms. The van der Waals surface area contributed by atoms with E-state index >= 15 is 0 Å². The Kier molecular flexibility index (Phi) is 11.2. The Morgan fingerprint density at radius 3 is 1.18 bits per heavy atom. The second-order valence-electron chi connectivity index (χ2n) is 22.3. The first kappa shape index (κ1) is 47.3. The number of hydrogen-bond donors (Lipinski definition) is 0. The summed E-state index contributed by atoms with van der Waals surface area (Å²) >= 11 is 0. The highest BCUT2D eigenvalue weighted by molar-refractivity contribution is 7.00. The molecule has 3 heterocycles. The third-order valence-corrected chi connectivity index (χ3v) is 16.6. The van der Waals surface area contributed by atoms with Gasteiger partial charge in [-0.2, -0.15) is 0 Å². The zero-order chi connectivity index (χ0) is 53.5. The molecule has 12 aromatic carbocycles. The van der Waals surface area contributed by atoms with Gasteiger partial charge in [0.05, 0.1) is 11.4 Å². The van der Waals surface area contributed by atoms with Crippen molar-refractivity contribution in [1.29, 1.82) is 0 Å². The lowest BCUT2D eigenvalue weighted by atomic mass is 9.33. The van der Waals surface area contributed by atoms with E-state index in [-0.39, 0.29) is 12.1 Å². The number of furan rings is 1. The van der Waals surface area contributed by atoms with Crippen LogP contribution in [0.5, 0.6) is 0 Å². The Hall–Kier alpha value is -9.90. The first-order valence-electron chi connectivity index (χ1n) is 27.9. The molecule has 0 aliphatic carbocycles. The fourth-order valence-corrected chi connectivity index (χ4v) is 12.8. The van der Waals surface area contributed by atoms with Gasteiger partial charge in [-0.25, -0.2) is 0 Å². The molecule has 2 aliphatic rings. The summed E-state index contributed by atoms with van der Waals surface area (Å²) in [6.07, 6.45) is 0. The second kappa shape index (κ2) is 18.9. The molecule has 2 aliphatic heterocycles. The van der Waals surface area contributed by atoms with Crippen LogP contribution in [0.2, 0.25) is 0 Å². The predicted octanol–water partition coefficient (Wildman–Crippen LogP) is 19.0. The van der Waals surface area contributed by atoms with Crippen molar-refractivity contribution in [3.05, 3.63) is 285 Å². The summed E-state index contributed by atoms with van der Waals surface area (Å²) in [5, 5.41) is 2.23. The third-order valence-electron chi connectivity index (χ3n) is 16.6. The lowest BCUT2D eigenvalue weighted by molar-refractivity contribution is 0.590. The first-order valence-corrected chi connectivity index (χ1v) is 27.9. The number of fused-ring (bicyclic) bond motifs is 7. The van der Waals surface area contributed by atoms with Crippen molar-refractivity contribution in [2.45, 2.75) is 26.2 Å². The maximum atomic E-state index is 6.85. The molecule has 0 atom stereocenters. The van der Waals surface area contributed by atoms with Gasteiger partial charge in [0.15, 0.2) is 0 Å². The first-order chi connectivity index (χ1) is 39.4. The minimum absolute atomic E-state index is 0.196. The van der Waals surface area contributed by atoms with Crippen LogP contribution >= 0.6 is 0 Å². The Labute approximate surface area is 468 Å². The van der Waals surface area contributed by atoms with E-state index in [9.17, 15) is 0 Å². The molecule has 15 rings (SSSR count). The standard InChI is InChI=1S/C76H55BN2O/c1-76(2,3)57-48-69-72-70(49-57)79(74-60(53-30-15-7-16-31-53)37-22-38-61(74)54-32-17-8-18-33-54)68-45-43-56(62-39-23-40-64-63-34-19-20-41-71(63)80-75(62)64)47-66(68)77(72)65-46-55(50-24-9-4-10-25-50)42-44-67(65)78(69)73-58(51-26-11-5-12-27-51)35-21-36-59(73)52-28-13-6-14-29-52/h4-49H,1-3H3. The van der Waals surface area contributed by atoms with Crippen LogP contribution in [-0.4, -0.2) is 6.71 Å². The summed E-state index contributed by atoms with van der Waals surface area (Å²) in [5.41, 5.74) is 27.2. The molecular formula is C76H55BN2O. The molecule has 0 radical (unpaired) electrons. The molecule has 1 aromatic heterocycles. The average Bonchev–Trinajstić information content (AvgIpc) is 3.34. The highest BCUT2D eigenvalue weighted by Gasteiger charge is 2.46. The average molecular weight is 1020 g/mol. The van der Waals surface area contributed by atoms with Gasteiger partial charge in [0.2, 0.25) is 0 Å². The van der Waals surface area contributed by atoms with Crippen molar-refractivity contribution >= 4 is 79.2 Å². The predicted molar refractivity (Wildman–Crippen MR) is 339 cm³/mol. The van der Waals surface area contributed by atoms with Gasteiger partial charge in [-0.3, -0.25) is 0 Å². The molecule has 0 N–H and O–H groups in total. The van der Waals surface area contributed by atoms with Crippen LogP contribution in [0.4, 0.5) is 34.1 Å². The molecule has 13 aromatic rings. The van der Waals surface area contributed by atoms with Gasteiger partial charge in [0.25, 0.3) is 6.71 Å². The smallest absolute Gasteiger partial charge is 0.252 e. The zero-order valence-corrected chi connectivity index (χ0v) is 44.9. The summed E-state index contributed by atoms with van der Waals surface area (Å²) in [6, 6.07) is 103. The van der Waals surface area contributed by atoms with Crippen molar-refractivity contribution in [1.82, 2.24) is 0 Å². The highest BCUT2D eigenvalue weighted by atomic mass is 16.3. The number of anilines is 6. The van der Waals surface area contributed by atoms with Crippen LogP contribution in [0.1, 0.15) is 26.3 Å². The summed E-state index contributed by atoms with van der Waals surface area (Å²) in [5.74, 6) is 0. The maximum Gasteiger partial charge on any atom is 0.252 e. The van der Waals surface area contributed by atoms with E-state index in [0.717, 1.165) is 112 Å². The Morgan fingerprint density at radius 1 is 0.312 bits per heavy atom. The van der Waals surface area contributed by atoms with E-state index in [2.05, 4.69) is 310 Å². The summed E-state index contributed by atoms with van der Waals surface area (Å²) < 4.78 is 6.85. The molecule has 4 heteroatoms. The van der Waals surface area contributed by atoms with Gasteiger partial charge in [0.1, 0.15) is 11.2 Å². The van der Waals surface area contributed by atoms with E-state index in [1.54, 1.807) is 0 Å². The third kappa shape index (κ3) is 7.74. The van der Waals surface area contributed by atoms with Gasteiger partial charge in [-0.05, 0) is 96.6 Å². The SMILES string of the molecule is CC(C)(C)c1cc2c3c(c1)N(c1c(-c4ccccc4)cccc1-c1ccccc1)c1ccc(-c4cccc5c4oc4ccccc45)cc1B3c1cc(-c3ccccc3)ccc1N2c1c(-c2ccccc2)cccc1-c1ccccc1. The molecule has 80 heavy (non-hydrogen) atoms. The molecule has 0 saturated heterocycles. The Balaban J connectivity index is 1.12. The van der Waals surface area contributed by atoms with Crippen LogP contribution in [0.15, 0.2) is 283 Å². The Morgan fingerprint density at radius 2 is 0.700 bits per heavy atom. The largest absolute Gasteiger partial charge is 0.455 e. The molecule has 3 nitrogen and oxygen atoms in total. The topological polar surface area (TPSA) is 19.6 Å². The van der Waals surface area contributed by atoms with E-state index in [1.165, 1.54) is 33.1 Å². The summed E-state index contributed by atoms with van der Waals surface area (Å²) in [6.45, 7) is 6.88. The van der Waals surface area contributed by atoms with Crippen molar-refractivity contribution < 1.29 is 4.42 Å². The second-order valence-corrected chi connectivity index (χ2v) is 22.3. The van der Waals surface area contributed by atoms with Crippen molar-refractivity contribution in [3.8, 4) is 66.8 Å². The monoisotopic (exact) mass is 1020 g/mol. The number of para-hydroxylation sites is 4. The maximum absolute atomic E-state index is 6.85. The van der Waals surface area contributed by atoms with E-state index in [0.29, 0.717) is 0 Å². The Bertz CT molecular complexity index is 4370. The molecule has 378 valence electrons. The van der Waals surface area contributed by atoms with Gasteiger partial charge in [-0.1, -0.05) is 269 Å². The molecule has 0 spiro atoms. The fraction of sp³-hybridized carbons (Fsp3) is 0.0526. The van der Waals surface area contributed by atoms with Gasteiger partial charge < -0.3 is 14.2 Å². The quantitative estimate of drug-likeness (QED) is 0.141. The molecule has 0 fully saturated rings. The van der Waals surface area contributed by atoms with E-state index < -0.39 is 0 Å². The highest BCUT2D eigenvalue weighted by Crippen LogP contribution is 2.54. The fourth-order valence-electron chi connectivity index (χ4n) is 12.8. The summed E-state index contributed by atoms with van der Waals surface area (Å²) in [4.78, 5) is 5.28. The van der Waals surface area contributed by atoms with Gasteiger partial charge in [-0.15, -0.1) is 0 Å². The zero-order valence-electron chi connectivity index (χ0n) is 44.9. The minimum Gasteiger partial charge on any atom is -0.455 e. The molecule has 0 amide bonds. The van der Waals surface area contributed by atoms with Crippen molar-refractivity contribution in [2.24, 2.45) is 0 Å². The number of rotatable bonds is 8. The summed E-state index contributed by atoms with van der Waals surface area (Å²) in [7, 11) is 0. The lowest BCUT2D eigenvalue weighted by Gasteiger charge is -2.46. The van der Waals surface area contributed by atoms with Gasteiger partial charge in [0, 0.05) is 61.3 Å². The molecular weight excluding hydrogens is 968 g/mol. The minimum atomic E-state index is -0.242. The van der Waals surface area contributed by atoms with Crippen LogP contribution in [0.3, 0.4) is 0 Å². The number of nitrogens with zero attached hydrogens (tertiary/aromatic N) is 2. The van der Waals surface area contributed by atoms with Gasteiger partial charge >= 0.3 is 0 Å². The van der Waals surface area contributed by atoms with Crippen LogP contribution < -0.4 is 26.2 Å². The van der Waals surface area contributed by atoms with Crippen molar-refractivity contribution in [2.75, 3.05) is 9.80 Å². The number of benzene rings is 12. The van der Waals surface area contributed by atoms with Crippen molar-refractivity contribution in [3.63, 3.8) is 0 Å². The lowest BCUT2D eigenvalue weighted by Crippen LogP contribution is -2.61. The normalized spacial score (nSPS) is 12.6. The van der Waals surface area contributed by atoms with Crippen LogP contribution in [-0.2, 0) is 5.41 Å². The molecule has 0 unspecified atom stereocenters.